The minimum Gasteiger partial charge on any atom is -0.507 e. The van der Waals surface area contributed by atoms with Gasteiger partial charge in [0.1, 0.15) is 5.75 Å². The van der Waals surface area contributed by atoms with Crippen LogP contribution < -0.4 is 0 Å². The lowest BCUT2D eigenvalue weighted by molar-refractivity contribution is -0.143. The summed E-state index contributed by atoms with van der Waals surface area (Å²) in [5, 5.41) is 18.8. The van der Waals surface area contributed by atoms with Crippen molar-refractivity contribution in [2.24, 2.45) is 5.92 Å². The van der Waals surface area contributed by atoms with Crippen molar-refractivity contribution in [1.82, 2.24) is 4.90 Å². The Bertz CT molecular complexity index is 517. The van der Waals surface area contributed by atoms with Gasteiger partial charge in [0, 0.05) is 17.6 Å². The van der Waals surface area contributed by atoms with Gasteiger partial charge in [-0.25, -0.2) is 0 Å². The number of rotatable bonds is 2. The van der Waals surface area contributed by atoms with Gasteiger partial charge in [0.05, 0.1) is 11.5 Å². The molecule has 1 aromatic rings. The zero-order valence-electron chi connectivity index (χ0n) is 10.2. The van der Waals surface area contributed by atoms with Crippen molar-refractivity contribution in [3.8, 4) is 5.75 Å². The van der Waals surface area contributed by atoms with Crippen LogP contribution in [-0.2, 0) is 4.79 Å². The highest BCUT2D eigenvalue weighted by Gasteiger charge is 2.29. The molecule has 0 bridgehead atoms. The summed E-state index contributed by atoms with van der Waals surface area (Å²) in [5.41, 5.74) is 0.203. The van der Waals surface area contributed by atoms with Crippen LogP contribution in [-0.4, -0.2) is 40.1 Å². The van der Waals surface area contributed by atoms with Crippen molar-refractivity contribution in [3.63, 3.8) is 0 Å². The zero-order valence-corrected chi connectivity index (χ0v) is 11.8. The van der Waals surface area contributed by atoms with Crippen molar-refractivity contribution in [2.75, 3.05) is 13.1 Å². The van der Waals surface area contributed by atoms with Crippen LogP contribution in [0.1, 0.15) is 23.2 Å². The van der Waals surface area contributed by atoms with E-state index in [4.69, 9.17) is 5.11 Å². The summed E-state index contributed by atoms with van der Waals surface area (Å²) in [7, 11) is 0. The van der Waals surface area contributed by atoms with E-state index in [2.05, 4.69) is 15.9 Å². The molecule has 19 heavy (non-hydrogen) atoms. The van der Waals surface area contributed by atoms with Crippen LogP contribution in [0.4, 0.5) is 0 Å². The number of likely N-dealkylation sites (tertiary alicyclic amines) is 1. The number of piperidine rings is 1. The highest BCUT2D eigenvalue weighted by atomic mass is 79.9. The minimum atomic E-state index is -0.877. The molecule has 0 unspecified atom stereocenters. The summed E-state index contributed by atoms with van der Waals surface area (Å²) in [6, 6.07) is 4.66. The molecular weight excluding hydrogens is 314 g/mol. The van der Waals surface area contributed by atoms with Gasteiger partial charge in [-0.1, -0.05) is 15.9 Å². The molecule has 1 heterocycles. The Hall–Kier alpha value is -1.56. The molecule has 1 aromatic carbocycles. The predicted octanol–water partition coefficient (Wildman–Crippen LogP) is 2.09. The van der Waals surface area contributed by atoms with Gasteiger partial charge in [0.15, 0.2) is 0 Å². The molecule has 5 nitrogen and oxygen atoms in total. The van der Waals surface area contributed by atoms with E-state index in [1.54, 1.807) is 6.07 Å². The Morgan fingerprint density at radius 1 is 1.37 bits per heavy atom. The zero-order chi connectivity index (χ0) is 14.0. The van der Waals surface area contributed by atoms with Gasteiger partial charge in [-0.2, -0.15) is 0 Å². The third-order valence-corrected chi connectivity index (χ3v) is 3.74. The van der Waals surface area contributed by atoms with Crippen molar-refractivity contribution in [2.45, 2.75) is 12.8 Å². The second-order valence-corrected chi connectivity index (χ2v) is 5.51. The van der Waals surface area contributed by atoms with Gasteiger partial charge in [-0.05, 0) is 31.0 Å². The molecule has 2 rings (SSSR count). The normalized spacial score (nSPS) is 19.2. The number of nitrogens with zero attached hydrogens (tertiary/aromatic N) is 1. The third kappa shape index (κ3) is 3.07. The Labute approximate surface area is 119 Å². The smallest absolute Gasteiger partial charge is 0.308 e. The topological polar surface area (TPSA) is 77.8 Å². The fourth-order valence-electron chi connectivity index (χ4n) is 2.22. The third-order valence-electron chi connectivity index (χ3n) is 3.25. The number of amides is 1. The number of aromatic hydroxyl groups is 1. The van der Waals surface area contributed by atoms with Gasteiger partial charge >= 0.3 is 5.97 Å². The van der Waals surface area contributed by atoms with E-state index in [1.165, 1.54) is 17.0 Å². The van der Waals surface area contributed by atoms with Crippen LogP contribution in [0.2, 0.25) is 0 Å². The lowest BCUT2D eigenvalue weighted by Crippen LogP contribution is -2.42. The maximum atomic E-state index is 12.3. The first-order valence-electron chi connectivity index (χ1n) is 5.99. The molecular formula is C13H14BrNO4. The maximum Gasteiger partial charge on any atom is 0.308 e. The van der Waals surface area contributed by atoms with Crippen LogP contribution >= 0.6 is 15.9 Å². The second-order valence-electron chi connectivity index (χ2n) is 4.59. The molecule has 1 amide bonds. The number of hydrogen-bond acceptors (Lipinski definition) is 3. The number of carbonyl (C=O) groups excluding carboxylic acids is 1. The molecule has 0 aromatic heterocycles. The molecule has 102 valence electrons. The predicted molar refractivity (Wildman–Crippen MR) is 72.1 cm³/mol. The van der Waals surface area contributed by atoms with Crippen LogP contribution in [0.15, 0.2) is 22.7 Å². The lowest BCUT2D eigenvalue weighted by atomic mass is 9.97. The summed E-state index contributed by atoms with van der Waals surface area (Å²) in [5.74, 6) is -1.82. The van der Waals surface area contributed by atoms with E-state index in [1.807, 2.05) is 0 Å². The number of aliphatic carboxylic acids is 1. The van der Waals surface area contributed by atoms with E-state index in [0.29, 0.717) is 23.9 Å². The fraction of sp³-hybridized carbons (Fsp3) is 0.385. The Kier molecular flexibility index (Phi) is 4.09. The number of carboxylic acids is 1. The van der Waals surface area contributed by atoms with Gasteiger partial charge in [0.2, 0.25) is 0 Å². The van der Waals surface area contributed by atoms with Crippen LogP contribution in [0.3, 0.4) is 0 Å². The molecule has 0 radical (unpaired) electrons. The largest absolute Gasteiger partial charge is 0.507 e. The summed E-state index contributed by atoms with van der Waals surface area (Å²) in [6.45, 7) is 0.724. The van der Waals surface area contributed by atoms with Crippen molar-refractivity contribution >= 4 is 27.8 Å². The Morgan fingerprint density at radius 3 is 2.74 bits per heavy atom. The number of phenols is 1. The highest BCUT2D eigenvalue weighted by Crippen LogP contribution is 2.25. The molecule has 2 N–H and O–H groups in total. The molecule has 1 fully saturated rings. The van der Waals surface area contributed by atoms with Crippen molar-refractivity contribution < 1.29 is 19.8 Å². The fourth-order valence-corrected chi connectivity index (χ4v) is 2.57. The van der Waals surface area contributed by atoms with E-state index in [0.717, 1.165) is 0 Å². The average Bonchev–Trinajstić information content (AvgIpc) is 2.38. The Balaban J connectivity index is 2.17. The molecule has 0 spiro atoms. The van der Waals surface area contributed by atoms with E-state index < -0.39 is 11.9 Å². The van der Waals surface area contributed by atoms with Crippen LogP contribution in [0.25, 0.3) is 0 Å². The number of phenolic OH excluding ortho intramolecular Hbond substituents is 1. The van der Waals surface area contributed by atoms with Crippen LogP contribution in [0, 0.1) is 5.92 Å². The Morgan fingerprint density at radius 2 is 2.11 bits per heavy atom. The summed E-state index contributed by atoms with van der Waals surface area (Å²) in [4.78, 5) is 24.7. The number of hydrogen-bond donors (Lipinski definition) is 2. The van der Waals surface area contributed by atoms with Crippen molar-refractivity contribution in [3.05, 3.63) is 28.2 Å². The lowest BCUT2D eigenvalue weighted by Gasteiger charge is -2.30. The first kappa shape index (κ1) is 13.9. The molecule has 1 saturated heterocycles. The number of benzene rings is 1. The standard InChI is InChI=1S/C13H14BrNO4/c14-9-3-4-10(11(16)6-9)12(17)15-5-1-2-8(7-15)13(18)19/h3-4,6,8,16H,1-2,5,7H2,(H,18,19)/t8-/m0/s1. The monoisotopic (exact) mass is 327 g/mol. The van der Waals surface area contributed by atoms with Crippen molar-refractivity contribution in [1.29, 1.82) is 0 Å². The minimum absolute atomic E-state index is 0.100. The first-order valence-corrected chi connectivity index (χ1v) is 6.79. The molecule has 6 heteroatoms. The van der Waals surface area contributed by atoms with E-state index in [9.17, 15) is 14.7 Å². The van der Waals surface area contributed by atoms with E-state index >= 15 is 0 Å². The first-order chi connectivity index (χ1) is 8.99. The van der Waals surface area contributed by atoms with Gasteiger partial charge < -0.3 is 15.1 Å². The molecule has 1 aliphatic rings. The van der Waals surface area contributed by atoms with Gasteiger partial charge in [-0.3, -0.25) is 9.59 Å². The molecule has 0 saturated carbocycles. The maximum absolute atomic E-state index is 12.3. The van der Waals surface area contributed by atoms with Crippen LogP contribution in [0.5, 0.6) is 5.75 Å². The molecule has 0 aliphatic carbocycles. The van der Waals surface area contributed by atoms with Gasteiger partial charge in [0.25, 0.3) is 5.91 Å². The highest BCUT2D eigenvalue weighted by molar-refractivity contribution is 9.10. The summed E-state index contributed by atoms with van der Waals surface area (Å²) in [6.07, 6.45) is 1.26. The number of carboxylic acid groups (broad SMARTS) is 1. The van der Waals surface area contributed by atoms with E-state index in [-0.39, 0.29) is 23.8 Å². The molecule has 1 atom stereocenters. The molecule has 1 aliphatic heterocycles. The number of halogens is 1. The summed E-state index contributed by atoms with van der Waals surface area (Å²) >= 11 is 3.21. The van der Waals surface area contributed by atoms with Gasteiger partial charge in [-0.15, -0.1) is 0 Å². The quantitative estimate of drug-likeness (QED) is 0.871. The average molecular weight is 328 g/mol. The number of carbonyl (C=O) groups is 2. The summed E-state index contributed by atoms with van der Waals surface area (Å²) < 4.78 is 0.684. The SMILES string of the molecule is O=C(O)[C@H]1CCCN(C(=O)c2ccc(Br)cc2O)C1. The second kappa shape index (κ2) is 5.61.